The van der Waals surface area contributed by atoms with Crippen molar-refractivity contribution in [1.29, 1.82) is 0 Å². The molecule has 25 heavy (non-hydrogen) atoms. The quantitative estimate of drug-likeness (QED) is 0.597. The van der Waals surface area contributed by atoms with Crippen LogP contribution in [0.1, 0.15) is 10.9 Å². The molecule has 3 rings (SSSR count). The van der Waals surface area contributed by atoms with Gasteiger partial charge in [0.2, 0.25) is 10.0 Å². The van der Waals surface area contributed by atoms with Crippen LogP contribution >= 0.6 is 34.4 Å². The maximum absolute atomic E-state index is 13.1. The Kier molecular flexibility index (Phi) is 5.81. The minimum atomic E-state index is -3.55. The summed E-state index contributed by atoms with van der Waals surface area (Å²) in [5.74, 6) is 1.98. The molecule has 0 bridgehead atoms. The molecule has 0 saturated carbocycles. The zero-order chi connectivity index (χ0) is 18.0. The van der Waals surface area contributed by atoms with Crippen LogP contribution in [0.2, 0.25) is 0 Å². The SMILES string of the molecule is COc1ccc([C@@H]2SCCN2S(=O)(=O)c2ccc(I)cc2)cc1OC. The van der Waals surface area contributed by atoms with Gasteiger partial charge in [0.05, 0.1) is 24.5 Å². The van der Waals surface area contributed by atoms with E-state index in [9.17, 15) is 8.42 Å². The number of hydrogen-bond donors (Lipinski definition) is 0. The molecule has 1 aliphatic rings. The summed E-state index contributed by atoms with van der Waals surface area (Å²) in [6, 6.07) is 12.5. The highest BCUT2D eigenvalue weighted by Gasteiger charge is 2.37. The van der Waals surface area contributed by atoms with E-state index >= 15 is 0 Å². The Labute approximate surface area is 165 Å². The third kappa shape index (κ3) is 3.76. The van der Waals surface area contributed by atoms with Crippen LogP contribution in [-0.4, -0.2) is 39.2 Å². The third-order valence-electron chi connectivity index (χ3n) is 3.96. The molecule has 0 radical (unpaired) electrons. The highest BCUT2D eigenvalue weighted by Crippen LogP contribution is 2.43. The highest BCUT2D eigenvalue weighted by atomic mass is 127. The lowest BCUT2D eigenvalue weighted by molar-refractivity contribution is 0.353. The molecule has 0 N–H and O–H groups in total. The van der Waals surface area contributed by atoms with E-state index in [0.29, 0.717) is 22.9 Å². The van der Waals surface area contributed by atoms with Crippen LogP contribution < -0.4 is 9.47 Å². The molecule has 1 fully saturated rings. The van der Waals surface area contributed by atoms with Crippen molar-refractivity contribution < 1.29 is 17.9 Å². The number of sulfonamides is 1. The molecule has 0 aliphatic carbocycles. The number of hydrogen-bond acceptors (Lipinski definition) is 5. The smallest absolute Gasteiger partial charge is 0.244 e. The zero-order valence-electron chi connectivity index (χ0n) is 13.8. The topological polar surface area (TPSA) is 55.8 Å². The average molecular weight is 491 g/mol. The van der Waals surface area contributed by atoms with Gasteiger partial charge in [-0.05, 0) is 64.6 Å². The largest absolute Gasteiger partial charge is 0.493 e. The molecule has 1 heterocycles. The van der Waals surface area contributed by atoms with Crippen molar-refractivity contribution in [2.75, 3.05) is 26.5 Å². The molecule has 2 aromatic carbocycles. The summed E-state index contributed by atoms with van der Waals surface area (Å²) < 4.78 is 39.3. The second-order valence-electron chi connectivity index (χ2n) is 5.41. The van der Waals surface area contributed by atoms with Crippen LogP contribution in [-0.2, 0) is 10.0 Å². The molecule has 1 atom stereocenters. The molecular weight excluding hydrogens is 473 g/mol. The summed E-state index contributed by atoms with van der Waals surface area (Å²) in [7, 11) is -0.399. The summed E-state index contributed by atoms with van der Waals surface area (Å²) in [5.41, 5.74) is 0.884. The maximum atomic E-state index is 13.1. The van der Waals surface area contributed by atoms with Gasteiger partial charge < -0.3 is 9.47 Å². The minimum Gasteiger partial charge on any atom is -0.493 e. The van der Waals surface area contributed by atoms with Crippen molar-refractivity contribution >= 4 is 44.4 Å². The van der Waals surface area contributed by atoms with Gasteiger partial charge in [-0.25, -0.2) is 8.42 Å². The van der Waals surface area contributed by atoms with Crippen molar-refractivity contribution in [1.82, 2.24) is 4.31 Å². The van der Waals surface area contributed by atoms with Gasteiger partial charge in [-0.2, -0.15) is 4.31 Å². The summed E-state index contributed by atoms with van der Waals surface area (Å²) in [4.78, 5) is 0.320. The Morgan fingerprint density at radius 2 is 1.76 bits per heavy atom. The number of thioether (sulfide) groups is 1. The van der Waals surface area contributed by atoms with Crippen LogP contribution in [0.15, 0.2) is 47.4 Å². The second-order valence-corrected chi connectivity index (χ2v) is 9.73. The Hall–Kier alpha value is -0.970. The van der Waals surface area contributed by atoms with E-state index in [4.69, 9.17) is 9.47 Å². The van der Waals surface area contributed by atoms with E-state index in [2.05, 4.69) is 22.6 Å². The van der Waals surface area contributed by atoms with Gasteiger partial charge in [0.25, 0.3) is 0 Å². The predicted octanol–water partition coefficient (Wildman–Crippen LogP) is 3.74. The Bertz CT molecular complexity index is 855. The summed E-state index contributed by atoms with van der Waals surface area (Å²) in [5, 5.41) is -0.274. The lowest BCUT2D eigenvalue weighted by atomic mass is 10.2. The Morgan fingerprint density at radius 1 is 1.08 bits per heavy atom. The monoisotopic (exact) mass is 491 g/mol. The fourth-order valence-corrected chi connectivity index (χ4v) is 6.30. The lowest BCUT2D eigenvalue weighted by Crippen LogP contribution is -2.30. The van der Waals surface area contributed by atoms with E-state index < -0.39 is 10.0 Å². The molecule has 0 amide bonds. The van der Waals surface area contributed by atoms with Gasteiger partial charge in [-0.3, -0.25) is 0 Å². The van der Waals surface area contributed by atoms with Crippen molar-refractivity contribution in [3.05, 3.63) is 51.6 Å². The summed E-state index contributed by atoms with van der Waals surface area (Å²) >= 11 is 3.77. The first kappa shape index (κ1) is 18.8. The second kappa shape index (κ2) is 7.73. The number of nitrogens with zero attached hydrogens (tertiary/aromatic N) is 1. The first-order valence-electron chi connectivity index (χ1n) is 7.58. The molecular formula is C17H18INO4S2. The van der Waals surface area contributed by atoms with E-state index in [1.165, 1.54) is 0 Å². The average Bonchev–Trinajstić information content (AvgIpc) is 3.12. The molecule has 134 valence electrons. The molecule has 0 unspecified atom stereocenters. The van der Waals surface area contributed by atoms with Crippen LogP contribution in [0.5, 0.6) is 11.5 Å². The number of benzene rings is 2. The fraction of sp³-hybridized carbons (Fsp3) is 0.294. The van der Waals surface area contributed by atoms with Gasteiger partial charge in [-0.1, -0.05) is 6.07 Å². The number of ether oxygens (including phenoxy) is 2. The van der Waals surface area contributed by atoms with Crippen molar-refractivity contribution in [2.45, 2.75) is 10.3 Å². The Morgan fingerprint density at radius 3 is 2.40 bits per heavy atom. The molecule has 0 spiro atoms. The van der Waals surface area contributed by atoms with Crippen LogP contribution in [0, 0.1) is 3.57 Å². The highest BCUT2D eigenvalue weighted by molar-refractivity contribution is 14.1. The van der Waals surface area contributed by atoms with E-state index in [1.807, 2.05) is 30.3 Å². The van der Waals surface area contributed by atoms with E-state index in [-0.39, 0.29) is 5.37 Å². The normalized spacial score (nSPS) is 18.3. The third-order valence-corrected chi connectivity index (χ3v) is 7.95. The van der Waals surface area contributed by atoms with E-state index in [0.717, 1.165) is 14.9 Å². The molecule has 2 aromatic rings. The molecule has 8 heteroatoms. The molecule has 1 aliphatic heterocycles. The molecule has 5 nitrogen and oxygen atoms in total. The van der Waals surface area contributed by atoms with Crippen molar-refractivity contribution in [3.63, 3.8) is 0 Å². The molecule has 1 saturated heterocycles. The van der Waals surface area contributed by atoms with Gasteiger partial charge >= 0.3 is 0 Å². The Balaban J connectivity index is 1.96. The first-order chi connectivity index (χ1) is 12.0. The molecule has 0 aromatic heterocycles. The fourth-order valence-electron chi connectivity index (χ4n) is 2.71. The van der Waals surface area contributed by atoms with Crippen LogP contribution in [0.3, 0.4) is 0 Å². The minimum absolute atomic E-state index is 0.274. The van der Waals surface area contributed by atoms with Gasteiger partial charge in [-0.15, -0.1) is 11.8 Å². The first-order valence-corrected chi connectivity index (χ1v) is 11.1. The van der Waals surface area contributed by atoms with Gasteiger partial charge in [0, 0.05) is 15.9 Å². The van der Waals surface area contributed by atoms with Gasteiger partial charge in [0.15, 0.2) is 11.5 Å². The zero-order valence-corrected chi connectivity index (χ0v) is 17.6. The lowest BCUT2D eigenvalue weighted by Gasteiger charge is -2.24. The van der Waals surface area contributed by atoms with Gasteiger partial charge in [0.1, 0.15) is 0 Å². The van der Waals surface area contributed by atoms with Crippen LogP contribution in [0.25, 0.3) is 0 Å². The number of methoxy groups -OCH3 is 2. The van der Waals surface area contributed by atoms with Crippen LogP contribution in [0.4, 0.5) is 0 Å². The summed E-state index contributed by atoms with van der Waals surface area (Å²) in [6.07, 6.45) is 0. The van der Waals surface area contributed by atoms with Crippen molar-refractivity contribution in [3.8, 4) is 11.5 Å². The maximum Gasteiger partial charge on any atom is 0.244 e. The van der Waals surface area contributed by atoms with Crippen molar-refractivity contribution in [2.24, 2.45) is 0 Å². The van der Waals surface area contributed by atoms with E-state index in [1.54, 1.807) is 42.4 Å². The standard InChI is InChI=1S/C17H18INO4S2/c1-22-15-8-3-12(11-16(15)23-2)17-19(9-10-24-17)25(20,21)14-6-4-13(18)5-7-14/h3-8,11,17H,9-10H2,1-2H3/t17-/m0/s1. The number of rotatable bonds is 5. The number of halogens is 1. The predicted molar refractivity (Wildman–Crippen MR) is 108 cm³/mol. The summed E-state index contributed by atoms with van der Waals surface area (Å²) in [6.45, 7) is 0.484.